The Morgan fingerprint density at radius 3 is 2.50 bits per heavy atom. The molecule has 0 aliphatic heterocycles. The smallest absolute Gasteiger partial charge is 0.229 e. The second kappa shape index (κ2) is 6.07. The van der Waals surface area contributed by atoms with Crippen molar-refractivity contribution >= 4 is 0 Å². The zero-order valence-electron chi connectivity index (χ0n) is 12.8. The van der Waals surface area contributed by atoms with Crippen LogP contribution in [0.25, 0.3) is 0 Å². The first kappa shape index (κ1) is 14.6. The van der Waals surface area contributed by atoms with E-state index in [0.717, 1.165) is 11.3 Å². The van der Waals surface area contributed by atoms with Crippen LogP contribution in [0.4, 0.5) is 0 Å². The minimum Gasteiger partial charge on any atom is -0.485 e. The Bertz CT molecular complexity index is 574. The molecular formula is C16H22N2O2. The summed E-state index contributed by atoms with van der Waals surface area (Å²) in [5.41, 5.74) is 2.38. The molecule has 4 nitrogen and oxygen atoms in total. The summed E-state index contributed by atoms with van der Waals surface area (Å²) in [6, 6.07) is 6.31. The molecule has 1 aromatic carbocycles. The third kappa shape index (κ3) is 3.38. The molecule has 0 spiro atoms. The van der Waals surface area contributed by atoms with Gasteiger partial charge in [0.25, 0.3) is 0 Å². The van der Waals surface area contributed by atoms with Crippen molar-refractivity contribution in [2.45, 2.75) is 53.1 Å². The number of hydrogen-bond acceptors (Lipinski definition) is 4. The molecular weight excluding hydrogens is 252 g/mol. The van der Waals surface area contributed by atoms with E-state index in [1.807, 2.05) is 20.8 Å². The maximum Gasteiger partial charge on any atom is 0.229 e. The van der Waals surface area contributed by atoms with Gasteiger partial charge in [-0.3, -0.25) is 0 Å². The highest BCUT2D eigenvalue weighted by atomic mass is 16.5. The van der Waals surface area contributed by atoms with E-state index in [-0.39, 0.29) is 5.92 Å². The Morgan fingerprint density at radius 2 is 1.90 bits per heavy atom. The molecule has 0 N–H and O–H groups in total. The van der Waals surface area contributed by atoms with Crippen LogP contribution in [0.5, 0.6) is 5.75 Å². The van der Waals surface area contributed by atoms with Crippen LogP contribution in [0.2, 0.25) is 0 Å². The van der Waals surface area contributed by atoms with Crippen LogP contribution in [-0.2, 0) is 6.61 Å². The maximum atomic E-state index is 5.82. The van der Waals surface area contributed by atoms with Gasteiger partial charge in [-0.15, -0.1) is 0 Å². The predicted molar refractivity (Wildman–Crippen MR) is 78.0 cm³/mol. The van der Waals surface area contributed by atoms with Gasteiger partial charge >= 0.3 is 0 Å². The molecule has 0 aliphatic rings. The predicted octanol–water partition coefficient (Wildman–Crippen LogP) is 4.20. The first-order chi connectivity index (χ1) is 9.47. The van der Waals surface area contributed by atoms with E-state index in [1.54, 1.807) is 0 Å². The van der Waals surface area contributed by atoms with Gasteiger partial charge in [0.1, 0.15) is 5.75 Å². The zero-order chi connectivity index (χ0) is 14.7. The number of aryl methyl sites for hydroxylation is 1. The van der Waals surface area contributed by atoms with Crippen LogP contribution in [0, 0.1) is 6.92 Å². The van der Waals surface area contributed by atoms with Crippen molar-refractivity contribution in [3.63, 3.8) is 0 Å². The van der Waals surface area contributed by atoms with Crippen molar-refractivity contribution in [2.24, 2.45) is 0 Å². The monoisotopic (exact) mass is 274 g/mol. The van der Waals surface area contributed by atoms with E-state index in [2.05, 4.69) is 42.2 Å². The molecule has 0 fully saturated rings. The van der Waals surface area contributed by atoms with E-state index >= 15 is 0 Å². The molecule has 0 bridgehead atoms. The summed E-state index contributed by atoms with van der Waals surface area (Å²) >= 11 is 0. The average molecular weight is 274 g/mol. The Labute approximate surface area is 120 Å². The first-order valence-electron chi connectivity index (χ1n) is 7.03. The second-order valence-electron chi connectivity index (χ2n) is 5.67. The quantitative estimate of drug-likeness (QED) is 0.819. The molecule has 20 heavy (non-hydrogen) atoms. The topological polar surface area (TPSA) is 48.2 Å². The highest BCUT2D eigenvalue weighted by Crippen LogP contribution is 2.25. The van der Waals surface area contributed by atoms with Crippen molar-refractivity contribution < 1.29 is 9.26 Å². The van der Waals surface area contributed by atoms with Gasteiger partial charge in [0.15, 0.2) is 6.61 Å². The molecule has 0 unspecified atom stereocenters. The van der Waals surface area contributed by atoms with Crippen LogP contribution < -0.4 is 4.74 Å². The molecule has 1 heterocycles. The standard InChI is InChI=1S/C16H22N2O2/c1-10(2)13-7-6-12(5)14(8-13)19-9-15-17-16(11(3)4)20-18-15/h6-8,10-11H,9H2,1-5H3. The summed E-state index contributed by atoms with van der Waals surface area (Å²) in [4.78, 5) is 4.31. The molecule has 0 saturated heterocycles. The van der Waals surface area contributed by atoms with Gasteiger partial charge in [0, 0.05) is 5.92 Å². The third-order valence-corrected chi connectivity index (χ3v) is 3.21. The lowest BCUT2D eigenvalue weighted by atomic mass is 10.0. The highest BCUT2D eigenvalue weighted by molar-refractivity contribution is 5.37. The Hall–Kier alpha value is -1.84. The minimum atomic E-state index is 0.238. The molecule has 0 atom stereocenters. The van der Waals surface area contributed by atoms with Gasteiger partial charge in [-0.05, 0) is 30.0 Å². The summed E-state index contributed by atoms with van der Waals surface area (Å²) < 4.78 is 11.0. The lowest BCUT2D eigenvalue weighted by Crippen LogP contribution is -2.00. The van der Waals surface area contributed by atoms with Crippen molar-refractivity contribution in [3.05, 3.63) is 41.0 Å². The lowest BCUT2D eigenvalue weighted by molar-refractivity contribution is 0.282. The molecule has 2 aromatic rings. The number of hydrogen-bond donors (Lipinski definition) is 0. The van der Waals surface area contributed by atoms with Crippen molar-refractivity contribution in [1.29, 1.82) is 0 Å². The van der Waals surface area contributed by atoms with E-state index in [0.29, 0.717) is 24.2 Å². The molecule has 4 heteroatoms. The molecule has 2 rings (SSSR count). The van der Waals surface area contributed by atoms with E-state index in [1.165, 1.54) is 5.56 Å². The van der Waals surface area contributed by atoms with Gasteiger partial charge < -0.3 is 9.26 Å². The summed E-state index contributed by atoms with van der Waals surface area (Å²) in [7, 11) is 0. The van der Waals surface area contributed by atoms with Gasteiger partial charge in [-0.1, -0.05) is 45.0 Å². The zero-order valence-corrected chi connectivity index (χ0v) is 12.8. The fraction of sp³-hybridized carbons (Fsp3) is 0.500. The number of benzene rings is 1. The number of ether oxygens (including phenoxy) is 1. The van der Waals surface area contributed by atoms with Gasteiger partial charge in [-0.25, -0.2) is 0 Å². The Morgan fingerprint density at radius 1 is 1.15 bits per heavy atom. The van der Waals surface area contributed by atoms with E-state index in [9.17, 15) is 0 Å². The molecule has 108 valence electrons. The largest absolute Gasteiger partial charge is 0.485 e. The fourth-order valence-electron chi connectivity index (χ4n) is 1.83. The van der Waals surface area contributed by atoms with Crippen LogP contribution in [0.15, 0.2) is 22.7 Å². The first-order valence-corrected chi connectivity index (χ1v) is 7.03. The lowest BCUT2D eigenvalue weighted by Gasteiger charge is -2.11. The van der Waals surface area contributed by atoms with Crippen molar-refractivity contribution in [2.75, 3.05) is 0 Å². The van der Waals surface area contributed by atoms with Crippen LogP contribution in [0.3, 0.4) is 0 Å². The van der Waals surface area contributed by atoms with Gasteiger partial charge in [0.05, 0.1) is 0 Å². The fourth-order valence-corrected chi connectivity index (χ4v) is 1.83. The number of rotatable bonds is 5. The van der Waals surface area contributed by atoms with E-state index < -0.39 is 0 Å². The summed E-state index contributed by atoms with van der Waals surface area (Å²) in [6.45, 7) is 10.8. The normalized spacial score (nSPS) is 11.3. The van der Waals surface area contributed by atoms with Crippen molar-refractivity contribution in [3.8, 4) is 5.75 Å². The van der Waals surface area contributed by atoms with Crippen LogP contribution in [-0.4, -0.2) is 10.1 Å². The minimum absolute atomic E-state index is 0.238. The van der Waals surface area contributed by atoms with Crippen LogP contribution in [0.1, 0.15) is 62.4 Å². The summed E-state index contributed by atoms with van der Waals surface area (Å²) in [5, 5.41) is 3.93. The number of aromatic nitrogens is 2. The molecule has 0 aliphatic carbocycles. The second-order valence-corrected chi connectivity index (χ2v) is 5.67. The molecule has 0 radical (unpaired) electrons. The Kier molecular flexibility index (Phi) is 4.42. The summed E-state index contributed by atoms with van der Waals surface area (Å²) in [5.74, 6) is 2.84. The molecule has 1 aromatic heterocycles. The summed E-state index contributed by atoms with van der Waals surface area (Å²) in [6.07, 6.45) is 0. The third-order valence-electron chi connectivity index (χ3n) is 3.21. The SMILES string of the molecule is Cc1ccc(C(C)C)cc1OCc1noc(C(C)C)n1. The number of nitrogens with zero attached hydrogens (tertiary/aromatic N) is 2. The maximum absolute atomic E-state index is 5.82. The molecule has 0 saturated carbocycles. The average Bonchev–Trinajstić information content (AvgIpc) is 2.86. The van der Waals surface area contributed by atoms with Crippen molar-refractivity contribution in [1.82, 2.24) is 10.1 Å². The Balaban J connectivity index is 2.07. The van der Waals surface area contributed by atoms with E-state index in [4.69, 9.17) is 9.26 Å². The van der Waals surface area contributed by atoms with Crippen LogP contribution >= 0.6 is 0 Å². The van der Waals surface area contributed by atoms with Gasteiger partial charge in [-0.2, -0.15) is 4.98 Å². The molecule has 0 amide bonds. The van der Waals surface area contributed by atoms with Gasteiger partial charge in [0.2, 0.25) is 11.7 Å². The highest BCUT2D eigenvalue weighted by Gasteiger charge is 2.11.